The lowest BCUT2D eigenvalue weighted by Gasteiger charge is -1.94. The quantitative estimate of drug-likeness (QED) is 0.814. The second-order valence-corrected chi connectivity index (χ2v) is 3.96. The fourth-order valence-electron chi connectivity index (χ4n) is 1.49. The first-order valence-electron chi connectivity index (χ1n) is 4.20. The highest BCUT2D eigenvalue weighted by atomic mass is 35.5. The molecule has 0 unspecified atom stereocenters. The van der Waals surface area contributed by atoms with Crippen molar-refractivity contribution in [3.05, 3.63) is 33.5 Å². The fourth-order valence-corrected chi connectivity index (χ4v) is 2.02. The van der Waals surface area contributed by atoms with Crippen LogP contribution in [-0.4, -0.2) is 0 Å². The molecule has 0 bridgehead atoms. The van der Waals surface area contributed by atoms with Crippen LogP contribution < -0.4 is 5.73 Å². The Bertz CT molecular complexity index is 490. The summed E-state index contributed by atoms with van der Waals surface area (Å²) in [4.78, 5) is 0. The Morgan fingerprint density at radius 3 is 2.71 bits per heavy atom. The minimum absolute atomic E-state index is 0.370. The number of hydrogen-bond acceptors (Lipinski definition) is 2. The van der Waals surface area contributed by atoms with Crippen LogP contribution in [0.25, 0.3) is 11.0 Å². The molecule has 0 fully saturated rings. The molecule has 0 spiro atoms. The van der Waals surface area contributed by atoms with Crippen molar-refractivity contribution in [3.63, 3.8) is 0 Å². The van der Waals surface area contributed by atoms with Crippen LogP contribution in [-0.2, 0) is 6.54 Å². The zero-order chi connectivity index (χ0) is 10.3. The topological polar surface area (TPSA) is 39.2 Å². The Morgan fingerprint density at radius 1 is 1.36 bits per heavy atom. The summed E-state index contributed by atoms with van der Waals surface area (Å²) >= 11 is 11.9. The third kappa shape index (κ3) is 1.40. The molecule has 1 aromatic heterocycles. The first-order chi connectivity index (χ1) is 6.63. The lowest BCUT2D eigenvalue weighted by Crippen LogP contribution is -1.95. The SMILES string of the molecule is Cc1c(CN)oc2c(Cl)cc(Cl)cc12. The molecule has 0 atom stereocenters. The van der Waals surface area contributed by atoms with E-state index in [1.165, 1.54) is 0 Å². The highest BCUT2D eigenvalue weighted by molar-refractivity contribution is 6.38. The molecule has 1 aromatic carbocycles. The van der Waals surface area contributed by atoms with Gasteiger partial charge in [-0.1, -0.05) is 23.2 Å². The summed E-state index contributed by atoms with van der Waals surface area (Å²) in [6.07, 6.45) is 0. The van der Waals surface area contributed by atoms with Crippen LogP contribution >= 0.6 is 23.2 Å². The molecule has 2 nitrogen and oxygen atoms in total. The third-order valence-electron chi connectivity index (χ3n) is 2.24. The van der Waals surface area contributed by atoms with Crippen LogP contribution in [0.2, 0.25) is 10.0 Å². The average molecular weight is 230 g/mol. The van der Waals surface area contributed by atoms with E-state index in [9.17, 15) is 0 Å². The summed E-state index contributed by atoms with van der Waals surface area (Å²) in [5.41, 5.74) is 7.20. The van der Waals surface area contributed by atoms with E-state index in [0.717, 1.165) is 16.7 Å². The second kappa shape index (κ2) is 3.46. The molecule has 14 heavy (non-hydrogen) atoms. The minimum atomic E-state index is 0.370. The van der Waals surface area contributed by atoms with E-state index in [4.69, 9.17) is 33.4 Å². The van der Waals surface area contributed by atoms with Crippen LogP contribution in [0.15, 0.2) is 16.5 Å². The van der Waals surface area contributed by atoms with Crippen molar-refractivity contribution in [1.82, 2.24) is 0 Å². The Balaban J connectivity index is 2.85. The molecule has 0 saturated heterocycles. The maximum Gasteiger partial charge on any atom is 0.153 e. The minimum Gasteiger partial charge on any atom is -0.458 e. The molecule has 0 radical (unpaired) electrons. The van der Waals surface area contributed by atoms with Crippen LogP contribution in [0, 0.1) is 6.92 Å². The lowest BCUT2D eigenvalue weighted by atomic mass is 10.1. The van der Waals surface area contributed by atoms with Crippen LogP contribution in [0.3, 0.4) is 0 Å². The zero-order valence-electron chi connectivity index (χ0n) is 7.60. The van der Waals surface area contributed by atoms with E-state index < -0.39 is 0 Å². The summed E-state index contributed by atoms with van der Waals surface area (Å²) < 4.78 is 5.52. The van der Waals surface area contributed by atoms with Gasteiger partial charge in [0.1, 0.15) is 5.76 Å². The first-order valence-corrected chi connectivity index (χ1v) is 4.96. The van der Waals surface area contributed by atoms with Gasteiger partial charge in [-0.2, -0.15) is 0 Å². The highest BCUT2D eigenvalue weighted by Crippen LogP contribution is 2.33. The molecule has 2 N–H and O–H groups in total. The van der Waals surface area contributed by atoms with Gasteiger partial charge in [-0.15, -0.1) is 0 Å². The van der Waals surface area contributed by atoms with Crippen molar-refractivity contribution in [2.24, 2.45) is 5.73 Å². The molecule has 0 saturated carbocycles. The Morgan fingerprint density at radius 2 is 2.07 bits per heavy atom. The average Bonchev–Trinajstić information content (AvgIpc) is 2.44. The van der Waals surface area contributed by atoms with Gasteiger partial charge in [0, 0.05) is 10.4 Å². The third-order valence-corrected chi connectivity index (χ3v) is 2.74. The Kier molecular flexibility index (Phi) is 2.43. The maximum atomic E-state index is 5.99. The summed E-state index contributed by atoms with van der Waals surface area (Å²) in [6.45, 7) is 2.31. The van der Waals surface area contributed by atoms with Crippen LogP contribution in [0.1, 0.15) is 11.3 Å². The lowest BCUT2D eigenvalue weighted by molar-refractivity contribution is 0.549. The van der Waals surface area contributed by atoms with E-state index in [-0.39, 0.29) is 0 Å². The number of halogens is 2. The van der Waals surface area contributed by atoms with Crippen molar-refractivity contribution < 1.29 is 4.42 Å². The molecular formula is C10H9Cl2NO. The predicted octanol–water partition coefficient (Wildman–Crippen LogP) is 3.51. The van der Waals surface area contributed by atoms with Gasteiger partial charge in [-0.05, 0) is 24.6 Å². The van der Waals surface area contributed by atoms with Gasteiger partial charge in [0.05, 0.1) is 11.6 Å². The van der Waals surface area contributed by atoms with Gasteiger partial charge in [-0.25, -0.2) is 0 Å². The number of nitrogens with two attached hydrogens (primary N) is 1. The Hall–Kier alpha value is -0.700. The van der Waals surface area contributed by atoms with Gasteiger partial charge in [0.15, 0.2) is 5.58 Å². The molecular weight excluding hydrogens is 221 g/mol. The van der Waals surface area contributed by atoms with E-state index >= 15 is 0 Å². The second-order valence-electron chi connectivity index (χ2n) is 3.12. The highest BCUT2D eigenvalue weighted by Gasteiger charge is 2.12. The van der Waals surface area contributed by atoms with Crippen LogP contribution in [0.5, 0.6) is 0 Å². The van der Waals surface area contributed by atoms with Gasteiger partial charge in [0.2, 0.25) is 0 Å². The predicted molar refractivity (Wildman–Crippen MR) is 58.9 cm³/mol. The zero-order valence-corrected chi connectivity index (χ0v) is 9.12. The van der Waals surface area contributed by atoms with E-state index in [2.05, 4.69) is 0 Å². The molecule has 0 aliphatic rings. The molecule has 0 aliphatic heterocycles. The standard InChI is InChI=1S/C10H9Cl2NO/c1-5-7-2-6(11)3-8(12)10(7)14-9(5)4-13/h2-3H,4,13H2,1H3. The smallest absolute Gasteiger partial charge is 0.153 e. The molecule has 1 heterocycles. The normalized spacial score (nSPS) is 11.1. The monoisotopic (exact) mass is 229 g/mol. The fraction of sp³-hybridized carbons (Fsp3) is 0.200. The first kappa shape index (κ1) is 9.84. The largest absolute Gasteiger partial charge is 0.458 e. The molecule has 2 rings (SSSR count). The summed E-state index contributed by atoms with van der Waals surface area (Å²) in [7, 11) is 0. The number of fused-ring (bicyclic) bond motifs is 1. The number of aryl methyl sites for hydroxylation is 1. The number of rotatable bonds is 1. The van der Waals surface area contributed by atoms with E-state index in [1.54, 1.807) is 6.07 Å². The Labute approximate surface area is 91.6 Å². The molecule has 2 aromatic rings. The van der Waals surface area contributed by atoms with E-state index in [1.807, 2.05) is 13.0 Å². The van der Waals surface area contributed by atoms with Crippen molar-refractivity contribution in [1.29, 1.82) is 0 Å². The molecule has 4 heteroatoms. The number of benzene rings is 1. The van der Waals surface area contributed by atoms with Crippen LogP contribution in [0.4, 0.5) is 0 Å². The van der Waals surface area contributed by atoms with Gasteiger partial charge in [0.25, 0.3) is 0 Å². The summed E-state index contributed by atoms with van der Waals surface area (Å²) in [5.74, 6) is 0.754. The molecule has 74 valence electrons. The molecule has 0 amide bonds. The van der Waals surface area contributed by atoms with Crippen molar-refractivity contribution in [2.45, 2.75) is 13.5 Å². The summed E-state index contributed by atoms with van der Waals surface area (Å²) in [6, 6.07) is 3.50. The van der Waals surface area contributed by atoms with Gasteiger partial charge >= 0.3 is 0 Å². The van der Waals surface area contributed by atoms with Gasteiger partial charge < -0.3 is 10.2 Å². The summed E-state index contributed by atoms with van der Waals surface area (Å²) in [5, 5.41) is 2.06. The maximum absolute atomic E-state index is 5.99. The molecule has 0 aliphatic carbocycles. The number of hydrogen-bond donors (Lipinski definition) is 1. The van der Waals surface area contributed by atoms with Gasteiger partial charge in [-0.3, -0.25) is 0 Å². The van der Waals surface area contributed by atoms with Crippen molar-refractivity contribution >= 4 is 34.2 Å². The van der Waals surface area contributed by atoms with Crippen molar-refractivity contribution in [2.75, 3.05) is 0 Å². The van der Waals surface area contributed by atoms with E-state index in [0.29, 0.717) is 22.2 Å². The van der Waals surface area contributed by atoms with Crippen molar-refractivity contribution in [3.8, 4) is 0 Å². The number of furan rings is 1.